The van der Waals surface area contributed by atoms with E-state index in [1.807, 2.05) is 20.8 Å². The van der Waals surface area contributed by atoms with Crippen LogP contribution in [0.1, 0.15) is 33.6 Å². The molecule has 4 atom stereocenters. The van der Waals surface area contributed by atoms with Crippen molar-refractivity contribution in [3.05, 3.63) is 0 Å². The normalized spacial score (nSPS) is 35.0. The van der Waals surface area contributed by atoms with Crippen LogP contribution in [0.4, 0.5) is 4.79 Å². The van der Waals surface area contributed by atoms with Crippen molar-refractivity contribution >= 4 is 12.0 Å². The van der Waals surface area contributed by atoms with E-state index in [0.29, 0.717) is 32.0 Å². The molecule has 20 heavy (non-hydrogen) atoms. The molecule has 0 saturated carbocycles. The third kappa shape index (κ3) is 3.23. The van der Waals surface area contributed by atoms with Crippen LogP contribution in [0.3, 0.4) is 0 Å². The Balaban J connectivity index is 2.08. The summed E-state index contributed by atoms with van der Waals surface area (Å²) in [5.74, 6) is -0.554. The summed E-state index contributed by atoms with van der Waals surface area (Å²) >= 11 is 0. The highest BCUT2D eigenvalue weighted by Gasteiger charge is 2.38. The standard InChI is InChI=1S/C14H24N2O4/c1-9-4-5-16(12(6-9)13(17)18)14(19)15-7-10(2)20-11(3)8-15/h9-12H,4-8H2,1-3H3,(H,17,18). The van der Waals surface area contributed by atoms with Gasteiger partial charge in [-0.25, -0.2) is 9.59 Å². The Bertz CT molecular complexity index is 377. The summed E-state index contributed by atoms with van der Waals surface area (Å²) in [6.07, 6.45) is 1.39. The Morgan fingerprint density at radius 2 is 1.75 bits per heavy atom. The van der Waals surface area contributed by atoms with Crippen LogP contribution in [0.25, 0.3) is 0 Å². The zero-order valence-electron chi connectivity index (χ0n) is 12.4. The number of urea groups is 1. The second-order valence-corrected chi connectivity index (χ2v) is 6.12. The quantitative estimate of drug-likeness (QED) is 0.790. The van der Waals surface area contributed by atoms with Gasteiger partial charge in [-0.15, -0.1) is 0 Å². The monoisotopic (exact) mass is 284 g/mol. The first-order chi connectivity index (χ1) is 9.38. The maximum Gasteiger partial charge on any atom is 0.326 e. The molecule has 6 heteroatoms. The molecule has 2 heterocycles. The highest BCUT2D eigenvalue weighted by molar-refractivity contribution is 5.83. The molecule has 2 rings (SSSR count). The minimum absolute atomic E-state index is 0.00491. The molecule has 2 fully saturated rings. The summed E-state index contributed by atoms with van der Waals surface area (Å²) in [4.78, 5) is 27.2. The largest absolute Gasteiger partial charge is 0.480 e. The van der Waals surface area contributed by atoms with Crippen LogP contribution < -0.4 is 0 Å². The molecule has 0 bridgehead atoms. The minimum atomic E-state index is -0.903. The van der Waals surface area contributed by atoms with E-state index < -0.39 is 12.0 Å². The molecule has 6 nitrogen and oxygen atoms in total. The molecule has 4 unspecified atom stereocenters. The number of rotatable bonds is 1. The third-order valence-electron chi connectivity index (χ3n) is 4.09. The van der Waals surface area contributed by atoms with Crippen molar-refractivity contribution in [1.29, 1.82) is 0 Å². The van der Waals surface area contributed by atoms with Crippen LogP contribution in [0.2, 0.25) is 0 Å². The van der Waals surface area contributed by atoms with Gasteiger partial charge in [0.2, 0.25) is 0 Å². The van der Waals surface area contributed by atoms with E-state index in [0.717, 1.165) is 6.42 Å². The number of piperidine rings is 1. The molecule has 2 aliphatic heterocycles. The zero-order valence-corrected chi connectivity index (χ0v) is 12.4. The molecule has 0 aromatic heterocycles. The highest BCUT2D eigenvalue weighted by Crippen LogP contribution is 2.25. The summed E-state index contributed by atoms with van der Waals surface area (Å²) in [7, 11) is 0. The van der Waals surface area contributed by atoms with Gasteiger partial charge in [0.25, 0.3) is 0 Å². The van der Waals surface area contributed by atoms with Gasteiger partial charge in [0.05, 0.1) is 12.2 Å². The number of hydrogen-bond acceptors (Lipinski definition) is 3. The molecule has 0 radical (unpaired) electrons. The number of morpholine rings is 1. The summed E-state index contributed by atoms with van der Waals surface area (Å²) < 4.78 is 5.62. The van der Waals surface area contributed by atoms with E-state index in [4.69, 9.17) is 4.74 Å². The Labute approximate surface area is 119 Å². The minimum Gasteiger partial charge on any atom is -0.480 e. The van der Waals surface area contributed by atoms with E-state index in [9.17, 15) is 14.7 Å². The number of hydrogen-bond donors (Lipinski definition) is 1. The molecule has 0 aromatic carbocycles. The number of aliphatic carboxylic acids is 1. The van der Waals surface area contributed by atoms with Gasteiger partial charge in [-0.3, -0.25) is 0 Å². The SMILES string of the molecule is CC1CCN(C(=O)N2CC(C)OC(C)C2)C(C(=O)O)C1. The lowest BCUT2D eigenvalue weighted by Gasteiger charge is -2.42. The van der Waals surface area contributed by atoms with E-state index >= 15 is 0 Å². The van der Waals surface area contributed by atoms with Crippen LogP contribution in [0.5, 0.6) is 0 Å². The van der Waals surface area contributed by atoms with Crippen molar-refractivity contribution in [2.45, 2.75) is 51.9 Å². The molecule has 1 N–H and O–H groups in total. The van der Waals surface area contributed by atoms with Crippen molar-refractivity contribution in [3.8, 4) is 0 Å². The van der Waals surface area contributed by atoms with Gasteiger partial charge in [0, 0.05) is 19.6 Å². The summed E-state index contributed by atoms with van der Waals surface area (Å²) in [6, 6.07) is -0.856. The van der Waals surface area contributed by atoms with Crippen LogP contribution in [0, 0.1) is 5.92 Å². The van der Waals surface area contributed by atoms with Crippen molar-refractivity contribution in [2.24, 2.45) is 5.92 Å². The lowest BCUT2D eigenvalue weighted by atomic mass is 9.92. The Morgan fingerprint density at radius 1 is 1.15 bits per heavy atom. The zero-order chi connectivity index (χ0) is 14.9. The molecular weight excluding hydrogens is 260 g/mol. The van der Waals surface area contributed by atoms with Gasteiger partial charge < -0.3 is 19.6 Å². The fourth-order valence-corrected chi connectivity index (χ4v) is 3.12. The molecule has 0 aromatic rings. The number of carbonyl (C=O) groups excluding carboxylic acids is 1. The Morgan fingerprint density at radius 3 is 2.30 bits per heavy atom. The molecular formula is C14H24N2O4. The van der Waals surface area contributed by atoms with Crippen LogP contribution in [-0.2, 0) is 9.53 Å². The van der Waals surface area contributed by atoms with Crippen molar-refractivity contribution in [3.63, 3.8) is 0 Å². The van der Waals surface area contributed by atoms with Crippen molar-refractivity contribution in [2.75, 3.05) is 19.6 Å². The molecule has 2 amide bonds. The van der Waals surface area contributed by atoms with E-state index in [1.165, 1.54) is 4.90 Å². The average molecular weight is 284 g/mol. The van der Waals surface area contributed by atoms with Gasteiger partial charge in [-0.2, -0.15) is 0 Å². The predicted octanol–water partition coefficient (Wildman–Crippen LogP) is 1.40. The number of likely N-dealkylation sites (tertiary alicyclic amines) is 1. The number of carbonyl (C=O) groups is 2. The van der Waals surface area contributed by atoms with Gasteiger partial charge >= 0.3 is 12.0 Å². The topological polar surface area (TPSA) is 70.1 Å². The number of carboxylic acid groups (broad SMARTS) is 1. The van der Waals surface area contributed by atoms with Crippen LogP contribution in [0.15, 0.2) is 0 Å². The number of nitrogens with zero attached hydrogens (tertiary/aromatic N) is 2. The first-order valence-corrected chi connectivity index (χ1v) is 7.32. The Kier molecular flexibility index (Phi) is 4.52. The lowest BCUT2D eigenvalue weighted by Crippen LogP contribution is -2.58. The molecule has 114 valence electrons. The number of ether oxygens (including phenoxy) is 1. The van der Waals surface area contributed by atoms with Gasteiger partial charge in [-0.05, 0) is 32.6 Å². The smallest absolute Gasteiger partial charge is 0.326 e. The van der Waals surface area contributed by atoms with Crippen molar-refractivity contribution < 1.29 is 19.4 Å². The number of carboxylic acids is 1. The Hall–Kier alpha value is -1.30. The molecule has 2 saturated heterocycles. The van der Waals surface area contributed by atoms with Gasteiger partial charge in [0.15, 0.2) is 0 Å². The molecule has 2 aliphatic rings. The van der Waals surface area contributed by atoms with Crippen molar-refractivity contribution in [1.82, 2.24) is 9.80 Å². The second-order valence-electron chi connectivity index (χ2n) is 6.12. The first kappa shape index (κ1) is 15.1. The van der Waals surface area contributed by atoms with E-state index in [2.05, 4.69) is 0 Å². The van der Waals surface area contributed by atoms with Gasteiger partial charge in [-0.1, -0.05) is 6.92 Å². The van der Waals surface area contributed by atoms with Crippen LogP contribution in [-0.4, -0.2) is 64.8 Å². The van der Waals surface area contributed by atoms with Crippen LogP contribution >= 0.6 is 0 Å². The summed E-state index contributed by atoms with van der Waals surface area (Å²) in [6.45, 7) is 7.49. The summed E-state index contributed by atoms with van der Waals surface area (Å²) in [5, 5.41) is 9.34. The molecule has 0 spiro atoms. The summed E-state index contributed by atoms with van der Waals surface area (Å²) in [5.41, 5.74) is 0. The highest BCUT2D eigenvalue weighted by atomic mass is 16.5. The van der Waals surface area contributed by atoms with E-state index in [-0.39, 0.29) is 18.2 Å². The maximum atomic E-state index is 12.6. The predicted molar refractivity (Wildman–Crippen MR) is 73.5 cm³/mol. The second kappa shape index (κ2) is 5.99. The lowest BCUT2D eigenvalue weighted by molar-refractivity contribution is -0.144. The number of amides is 2. The third-order valence-corrected chi connectivity index (χ3v) is 4.09. The average Bonchev–Trinajstić information content (AvgIpc) is 2.36. The van der Waals surface area contributed by atoms with E-state index in [1.54, 1.807) is 4.90 Å². The fourth-order valence-electron chi connectivity index (χ4n) is 3.12. The molecule has 0 aliphatic carbocycles. The van der Waals surface area contributed by atoms with Gasteiger partial charge in [0.1, 0.15) is 6.04 Å². The first-order valence-electron chi connectivity index (χ1n) is 7.32. The fraction of sp³-hybridized carbons (Fsp3) is 0.857. The maximum absolute atomic E-state index is 12.6.